The second-order valence-electron chi connectivity index (χ2n) is 7.32. The van der Waals surface area contributed by atoms with E-state index in [1.54, 1.807) is 49.4 Å². The van der Waals surface area contributed by atoms with Crippen molar-refractivity contribution in [1.29, 1.82) is 0 Å². The van der Waals surface area contributed by atoms with Gasteiger partial charge in [0.05, 0.1) is 27.5 Å². The molecule has 3 rings (SSSR count). The molecule has 0 saturated carbocycles. The van der Waals surface area contributed by atoms with E-state index in [1.165, 1.54) is 24.3 Å². The predicted molar refractivity (Wildman–Crippen MR) is 134 cm³/mol. The number of halogens is 4. The highest BCUT2D eigenvalue weighted by Gasteiger charge is 2.27. The van der Waals surface area contributed by atoms with Gasteiger partial charge >= 0.3 is 0 Å². The van der Waals surface area contributed by atoms with Crippen molar-refractivity contribution in [1.82, 2.24) is 9.62 Å². The lowest BCUT2D eigenvalue weighted by atomic mass is 10.1. The van der Waals surface area contributed by atoms with Gasteiger partial charge in [0, 0.05) is 16.6 Å². The summed E-state index contributed by atoms with van der Waals surface area (Å²) < 4.78 is 27.8. The summed E-state index contributed by atoms with van der Waals surface area (Å²) in [5, 5.41) is 4.45. The summed E-state index contributed by atoms with van der Waals surface area (Å²) in [6.07, 6.45) is 0. The molecule has 0 unspecified atom stereocenters. The van der Waals surface area contributed by atoms with Crippen molar-refractivity contribution in [2.24, 2.45) is 0 Å². The molecule has 33 heavy (non-hydrogen) atoms. The third-order valence-electron chi connectivity index (χ3n) is 4.86. The molecule has 0 saturated heterocycles. The second-order valence-corrected chi connectivity index (χ2v) is 10.9. The van der Waals surface area contributed by atoms with Gasteiger partial charge in [0.2, 0.25) is 15.9 Å². The Labute approximate surface area is 213 Å². The van der Waals surface area contributed by atoms with Crippen LogP contribution >= 0.6 is 46.4 Å². The molecule has 1 N–H and O–H groups in total. The summed E-state index contributed by atoms with van der Waals surface area (Å²) in [6.45, 7) is 1.33. The highest BCUT2D eigenvalue weighted by atomic mass is 35.5. The van der Waals surface area contributed by atoms with Crippen LogP contribution in [0.1, 0.15) is 24.1 Å². The molecule has 3 aromatic rings. The highest BCUT2D eigenvalue weighted by molar-refractivity contribution is 7.89. The summed E-state index contributed by atoms with van der Waals surface area (Å²) in [4.78, 5) is 12.9. The number of carbonyl (C=O) groups excluding carboxylic acids is 1. The average molecular weight is 546 g/mol. The highest BCUT2D eigenvalue weighted by Crippen LogP contribution is 2.26. The predicted octanol–water partition coefficient (Wildman–Crippen LogP) is 6.37. The van der Waals surface area contributed by atoms with Crippen LogP contribution in [0.3, 0.4) is 0 Å². The Kier molecular flexibility index (Phi) is 8.67. The lowest BCUT2D eigenvalue weighted by Gasteiger charge is -2.23. The van der Waals surface area contributed by atoms with E-state index >= 15 is 0 Å². The Morgan fingerprint density at radius 3 is 2.03 bits per heavy atom. The van der Waals surface area contributed by atoms with Gasteiger partial charge in [0.25, 0.3) is 0 Å². The maximum Gasteiger partial charge on any atom is 0.243 e. The first-order chi connectivity index (χ1) is 15.6. The number of carbonyl (C=O) groups is 1. The van der Waals surface area contributed by atoms with Crippen molar-refractivity contribution in [3.05, 3.63) is 97.9 Å². The third kappa shape index (κ3) is 6.85. The molecule has 0 aromatic heterocycles. The van der Waals surface area contributed by atoms with Gasteiger partial charge in [-0.2, -0.15) is 4.31 Å². The molecule has 3 aromatic carbocycles. The fourth-order valence-electron chi connectivity index (χ4n) is 3.11. The molecule has 0 fully saturated rings. The summed E-state index contributed by atoms with van der Waals surface area (Å²) in [7, 11) is -4.02. The summed E-state index contributed by atoms with van der Waals surface area (Å²) in [5.41, 5.74) is 1.42. The van der Waals surface area contributed by atoms with E-state index in [2.05, 4.69) is 5.32 Å². The number of hydrogen-bond donors (Lipinski definition) is 1. The fourth-order valence-corrected chi connectivity index (χ4v) is 5.06. The molecule has 0 aliphatic carbocycles. The first kappa shape index (κ1) is 25.8. The van der Waals surface area contributed by atoms with E-state index in [0.29, 0.717) is 25.7 Å². The van der Waals surface area contributed by atoms with Gasteiger partial charge in [-0.25, -0.2) is 8.42 Å². The maximum atomic E-state index is 13.4. The summed E-state index contributed by atoms with van der Waals surface area (Å²) >= 11 is 23.9. The van der Waals surface area contributed by atoms with Crippen LogP contribution in [-0.4, -0.2) is 25.2 Å². The van der Waals surface area contributed by atoms with Crippen LogP contribution in [0.15, 0.2) is 71.6 Å². The molecule has 10 heteroatoms. The van der Waals surface area contributed by atoms with Crippen LogP contribution < -0.4 is 5.32 Å². The zero-order valence-corrected chi connectivity index (χ0v) is 21.3. The van der Waals surface area contributed by atoms with Gasteiger partial charge in [0.15, 0.2) is 0 Å². The lowest BCUT2D eigenvalue weighted by molar-refractivity contribution is -0.122. The van der Waals surface area contributed by atoms with Crippen molar-refractivity contribution in [3.63, 3.8) is 0 Å². The molecule has 0 aliphatic rings. The number of amides is 1. The number of nitrogens with zero attached hydrogens (tertiary/aromatic N) is 1. The SMILES string of the molecule is C[C@@H](NC(=O)CN(Cc1ccc(Cl)c(Cl)c1)S(=O)(=O)c1ccc(Cl)cc1)c1ccc(Cl)cc1. The number of rotatable bonds is 8. The van der Waals surface area contributed by atoms with Crippen LogP contribution in [0.25, 0.3) is 0 Å². The van der Waals surface area contributed by atoms with E-state index in [0.717, 1.165) is 9.87 Å². The van der Waals surface area contributed by atoms with E-state index in [4.69, 9.17) is 46.4 Å². The zero-order chi connectivity index (χ0) is 24.2. The Bertz CT molecular complexity index is 1230. The largest absolute Gasteiger partial charge is 0.348 e. The minimum atomic E-state index is -4.02. The number of benzene rings is 3. The Hall–Kier alpha value is -1.80. The zero-order valence-electron chi connectivity index (χ0n) is 17.4. The van der Waals surface area contributed by atoms with Crippen molar-refractivity contribution < 1.29 is 13.2 Å². The summed E-state index contributed by atoms with van der Waals surface area (Å²) in [6, 6.07) is 17.3. The Morgan fingerprint density at radius 2 is 1.45 bits per heavy atom. The van der Waals surface area contributed by atoms with Gasteiger partial charge in [-0.05, 0) is 66.6 Å². The van der Waals surface area contributed by atoms with Gasteiger partial charge < -0.3 is 5.32 Å². The minimum absolute atomic E-state index is 0.0190. The molecular formula is C23H20Cl4N2O3S. The molecule has 0 aliphatic heterocycles. The minimum Gasteiger partial charge on any atom is -0.348 e. The van der Waals surface area contributed by atoms with Crippen molar-refractivity contribution in [2.45, 2.75) is 24.4 Å². The van der Waals surface area contributed by atoms with E-state index < -0.39 is 22.5 Å². The average Bonchev–Trinajstić information content (AvgIpc) is 2.76. The van der Waals surface area contributed by atoms with Crippen LogP contribution in [0, 0.1) is 0 Å². The van der Waals surface area contributed by atoms with Crippen molar-refractivity contribution in [2.75, 3.05) is 6.54 Å². The van der Waals surface area contributed by atoms with Crippen LogP contribution in [0.2, 0.25) is 20.1 Å². The number of nitrogens with one attached hydrogen (secondary N) is 1. The first-order valence-electron chi connectivity index (χ1n) is 9.81. The van der Waals surface area contributed by atoms with Crippen molar-refractivity contribution in [3.8, 4) is 0 Å². The molecular weight excluding hydrogens is 526 g/mol. The van der Waals surface area contributed by atoms with Crippen LogP contribution in [0.4, 0.5) is 0 Å². The van der Waals surface area contributed by atoms with E-state index in [-0.39, 0.29) is 17.5 Å². The van der Waals surface area contributed by atoms with E-state index in [9.17, 15) is 13.2 Å². The fraction of sp³-hybridized carbons (Fsp3) is 0.174. The normalized spacial score (nSPS) is 12.5. The Balaban J connectivity index is 1.85. The monoisotopic (exact) mass is 544 g/mol. The maximum absolute atomic E-state index is 13.4. The molecule has 0 bridgehead atoms. The molecule has 0 radical (unpaired) electrons. The molecule has 0 spiro atoms. The second kappa shape index (κ2) is 11.1. The van der Waals surface area contributed by atoms with E-state index in [1.807, 2.05) is 0 Å². The van der Waals surface area contributed by atoms with Gasteiger partial charge in [0.1, 0.15) is 0 Å². The summed E-state index contributed by atoms with van der Waals surface area (Å²) in [5.74, 6) is -0.463. The van der Waals surface area contributed by atoms with Crippen LogP contribution in [0.5, 0.6) is 0 Å². The molecule has 0 heterocycles. The van der Waals surface area contributed by atoms with Crippen molar-refractivity contribution >= 4 is 62.3 Å². The number of hydrogen-bond acceptors (Lipinski definition) is 3. The molecule has 1 amide bonds. The third-order valence-corrected chi connectivity index (χ3v) is 7.91. The standard InChI is InChI=1S/C23H20Cl4N2O3S/c1-15(17-3-5-18(24)6-4-17)28-23(30)14-29(13-16-2-11-21(26)22(27)12-16)33(31,32)20-9-7-19(25)8-10-20/h2-12,15H,13-14H2,1H3,(H,28,30)/t15-/m1/s1. The van der Waals surface area contributed by atoms with Gasteiger partial charge in [-0.3, -0.25) is 4.79 Å². The van der Waals surface area contributed by atoms with Crippen LogP contribution in [-0.2, 0) is 21.4 Å². The molecule has 5 nitrogen and oxygen atoms in total. The van der Waals surface area contributed by atoms with Gasteiger partial charge in [-0.1, -0.05) is 64.6 Å². The first-order valence-corrected chi connectivity index (χ1v) is 12.8. The molecule has 174 valence electrons. The quantitative estimate of drug-likeness (QED) is 0.357. The van der Waals surface area contributed by atoms with Gasteiger partial charge in [-0.15, -0.1) is 0 Å². The lowest BCUT2D eigenvalue weighted by Crippen LogP contribution is -2.41. The molecule has 1 atom stereocenters. The number of sulfonamides is 1. The smallest absolute Gasteiger partial charge is 0.243 e. The topological polar surface area (TPSA) is 66.5 Å². The Morgan fingerprint density at radius 1 is 0.879 bits per heavy atom.